The second kappa shape index (κ2) is 7.92. The van der Waals surface area contributed by atoms with E-state index in [1.54, 1.807) is 12.1 Å². The normalized spacial score (nSPS) is 10.8. The zero-order valence-electron chi connectivity index (χ0n) is 15.5. The Morgan fingerprint density at radius 2 is 1.57 bits per heavy atom. The molecular formula is C22H20N4O2. The molecule has 2 aromatic carbocycles. The van der Waals surface area contributed by atoms with Gasteiger partial charge in [-0.2, -0.15) is 4.68 Å². The molecule has 0 unspecified atom stereocenters. The molecule has 0 bridgehead atoms. The number of aromatic nitrogens is 4. The summed E-state index contributed by atoms with van der Waals surface area (Å²) in [6.45, 7) is 2.30. The van der Waals surface area contributed by atoms with Gasteiger partial charge in [0.05, 0.1) is 0 Å². The van der Waals surface area contributed by atoms with E-state index >= 15 is 0 Å². The number of aryl methyl sites for hydroxylation is 1. The lowest BCUT2D eigenvalue weighted by Gasteiger charge is -2.05. The van der Waals surface area contributed by atoms with Crippen molar-refractivity contribution in [2.75, 3.05) is 0 Å². The van der Waals surface area contributed by atoms with Crippen LogP contribution in [0.2, 0.25) is 0 Å². The van der Waals surface area contributed by atoms with Crippen molar-refractivity contribution >= 4 is 0 Å². The Morgan fingerprint density at radius 1 is 0.893 bits per heavy atom. The molecular weight excluding hydrogens is 352 g/mol. The molecule has 0 saturated heterocycles. The van der Waals surface area contributed by atoms with Gasteiger partial charge in [-0.05, 0) is 24.1 Å². The summed E-state index contributed by atoms with van der Waals surface area (Å²) in [5.41, 5.74) is 3.56. The maximum absolute atomic E-state index is 12.8. The maximum atomic E-state index is 12.8. The SMILES string of the molecule is Cc1[nH]n(-c2ccc(OCc3ccccc3)nn2)c(=O)c1Cc1ccccc1. The summed E-state index contributed by atoms with van der Waals surface area (Å²) in [7, 11) is 0. The van der Waals surface area contributed by atoms with Crippen LogP contribution in [0.1, 0.15) is 22.4 Å². The summed E-state index contributed by atoms with van der Waals surface area (Å²) in [6.07, 6.45) is 0.570. The maximum Gasteiger partial charge on any atom is 0.276 e. The van der Waals surface area contributed by atoms with Crippen LogP contribution in [0.3, 0.4) is 0 Å². The van der Waals surface area contributed by atoms with E-state index in [0.717, 1.165) is 22.4 Å². The molecule has 140 valence electrons. The smallest absolute Gasteiger partial charge is 0.276 e. The molecule has 0 amide bonds. The van der Waals surface area contributed by atoms with Gasteiger partial charge in [0.2, 0.25) is 5.88 Å². The molecule has 2 aromatic heterocycles. The van der Waals surface area contributed by atoms with Crippen LogP contribution in [0.5, 0.6) is 5.88 Å². The van der Waals surface area contributed by atoms with E-state index in [2.05, 4.69) is 15.3 Å². The summed E-state index contributed by atoms with van der Waals surface area (Å²) >= 11 is 0. The third-order valence-electron chi connectivity index (χ3n) is 4.50. The second-order valence-electron chi connectivity index (χ2n) is 6.52. The molecule has 4 aromatic rings. The average molecular weight is 372 g/mol. The van der Waals surface area contributed by atoms with Crippen molar-refractivity contribution in [3.63, 3.8) is 0 Å². The molecule has 6 nitrogen and oxygen atoms in total. The van der Waals surface area contributed by atoms with Crippen LogP contribution in [0, 0.1) is 6.92 Å². The second-order valence-corrected chi connectivity index (χ2v) is 6.52. The van der Waals surface area contributed by atoms with E-state index in [0.29, 0.717) is 24.7 Å². The highest BCUT2D eigenvalue weighted by Crippen LogP contribution is 2.13. The minimum atomic E-state index is -0.117. The van der Waals surface area contributed by atoms with Crippen molar-refractivity contribution in [3.8, 4) is 11.7 Å². The number of ether oxygens (including phenoxy) is 1. The Balaban J connectivity index is 1.51. The van der Waals surface area contributed by atoms with Gasteiger partial charge in [-0.1, -0.05) is 60.7 Å². The third-order valence-corrected chi connectivity index (χ3v) is 4.50. The third kappa shape index (κ3) is 3.86. The highest BCUT2D eigenvalue weighted by atomic mass is 16.5. The molecule has 0 saturated carbocycles. The summed E-state index contributed by atoms with van der Waals surface area (Å²) in [6, 6.07) is 23.2. The molecule has 28 heavy (non-hydrogen) atoms. The summed E-state index contributed by atoms with van der Waals surface area (Å²) in [5, 5.41) is 11.3. The number of hydrogen-bond donors (Lipinski definition) is 1. The Labute approximate surface area is 162 Å². The first-order chi connectivity index (χ1) is 13.7. The van der Waals surface area contributed by atoms with Crippen molar-refractivity contribution in [3.05, 3.63) is 106 Å². The lowest BCUT2D eigenvalue weighted by Crippen LogP contribution is -2.19. The molecule has 0 fully saturated rings. The summed E-state index contributed by atoms with van der Waals surface area (Å²) in [5.74, 6) is 0.841. The Hall–Kier alpha value is -3.67. The van der Waals surface area contributed by atoms with Crippen molar-refractivity contribution < 1.29 is 4.74 Å². The number of hydrogen-bond acceptors (Lipinski definition) is 4. The molecule has 0 radical (unpaired) electrons. The van der Waals surface area contributed by atoms with Crippen molar-refractivity contribution in [2.24, 2.45) is 0 Å². The number of nitrogens with one attached hydrogen (secondary N) is 1. The fraction of sp³-hybridized carbons (Fsp3) is 0.136. The predicted octanol–water partition coefficient (Wildman–Crippen LogP) is 3.43. The Bertz CT molecular complexity index is 1100. The van der Waals surface area contributed by atoms with Gasteiger partial charge in [-0.25, -0.2) is 0 Å². The van der Waals surface area contributed by atoms with E-state index in [1.165, 1.54) is 4.68 Å². The Kier molecular flexibility index (Phi) is 5.01. The predicted molar refractivity (Wildman–Crippen MR) is 107 cm³/mol. The topological polar surface area (TPSA) is 72.8 Å². The summed E-state index contributed by atoms with van der Waals surface area (Å²) < 4.78 is 7.07. The van der Waals surface area contributed by atoms with Gasteiger partial charge in [-0.15, -0.1) is 10.2 Å². The van der Waals surface area contributed by atoms with Crippen molar-refractivity contribution in [2.45, 2.75) is 20.0 Å². The van der Waals surface area contributed by atoms with Crippen molar-refractivity contribution in [1.29, 1.82) is 0 Å². The van der Waals surface area contributed by atoms with Crippen LogP contribution in [0.25, 0.3) is 5.82 Å². The molecule has 0 aliphatic rings. The minimum absolute atomic E-state index is 0.117. The van der Waals surface area contributed by atoms with E-state index in [1.807, 2.05) is 67.6 Å². The number of nitrogens with zero attached hydrogens (tertiary/aromatic N) is 3. The molecule has 0 spiro atoms. The van der Waals surface area contributed by atoms with Gasteiger partial charge in [0.25, 0.3) is 5.56 Å². The average Bonchev–Trinajstić information content (AvgIpc) is 3.02. The highest BCUT2D eigenvalue weighted by Gasteiger charge is 2.14. The lowest BCUT2D eigenvalue weighted by molar-refractivity contribution is 0.290. The standard InChI is InChI=1S/C22H20N4O2/c1-16-19(14-17-8-4-2-5-9-17)22(27)26(25-16)20-12-13-21(24-23-20)28-15-18-10-6-3-7-11-18/h2-13,25H,14-15H2,1H3. The zero-order valence-corrected chi connectivity index (χ0v) is 15.5. The monoisotopic (exact) mass is 372 g/mol. The Morgan fingerprint density at radius 3 is 2.21 bits per heavy atom. The quantitative estimate of drug-likeness (QED) is 0.563. The van der Waals surface area contributed by atoms with E-state index in [4.69, 9.17) is 4.74 Å². The van der Waals surface area contributed by atoms with Crippen LogP contribution in [-0.4, -0.2) is 20.0 Å². The van der Waals surface area contributed by atoms with Crippen molar-refractivity contribution in [1.82, 2.24) is 20.0 Å². The van der Waals surface area contributed by atoms with Crippen LogP contribution < -0.4 is 10.3 Å². The fourth-order valence-electron chi connectivity index (χ4n) is 2.99. The first-order valence-electron chi connectivity index (χ1n) is 9.06. The number of rotatable bonds is 6. The summed E-state index contributed by atoms with van der Waals surface area (Å²) in [4.78, 5) is 12.8. The molecule has 0 aliphatic heterocycles. The minimum Gasteiger partial charge on any atom is -0.472 e. The van der Waals surface area contributed by atoms with E-state index in [-0.39, 0.29) is 5.56 Å². The molecule has 6 heteroatoms. The lowest BCUT2D eigenvalue weighted by atomic mass is 10.1. The van der Waals surface area contributed by atoms with Crippen LogP contribution >= 0.6 is 0 Å². The van der Waals surface area contributed by atoms with Crippen LogP contribution in [0.4, 0.5) is 0 Å². The van der Waals surface area contributed by atoms with Gasteiger partial charge < -0.3 is 4.74 Å². The zero-order chi connectivity index (χ0) is 19.3. The van der Waals surface area contributed by atoms with Crippen LogP contribution in [-0.2, 0) is 13.0 Å². The van der Waals surface area contributed by atoms with Gasteiger partial charge >= 0.3 is 0 Å². The molecule has 2 heterocycles. The number of aromatic amines is 1. The first kappa shape index (κ1) is 17.7. The van der Waals surface area contributed by atoms with Gasteiger partial charge in [-0.3, -0.25) is 9.89 Å². The first-order valence-corrected chi connectivity index (χ1v) is 9.06. The van der Waals surface area contributed by atoms with Gasteiger partial charge in [0.1, 0.15) is 6.61 Å². The molecule has 0 atom stereocenters. The van der Waals surface area contributed by atoms with E-state index < -0.39 is 0 Å². The molecule has 4 rings (SSSR count). The molecule has 0 aliphatic carbocycles. The largest absolute Gasteiger partial charge is 0.472 e. The van der Waals surface area contributed by atoms with Gasteiger partial charge in [0, 0.05) is 23.7 Å². The number of H-pyrrole nitrogens is 1. The van der Waals surface area contributed by atoms with E-state index in [9.17, 15) is 4.79 Å². The highest BCUT2D eigenvalue weighted by molar-refractivity contribution is 5.31. The molecule has 1 N–H and O–H groups in total. The van der Waals surface area contributed by atoms with Crippen LogP contribution in [0.15, 0.2) is 77.6 Å². The van der Waals surface area contributed by atoms with Gasteiger partial charge in [0.15, 0.2) is 5.82 Å². The number of benzene rings is 2. The fourth-order valence-corrected chi connectivity index (χ4v) is 2.99.